The fraction of sp³-hybridized carbons (Fsp3) is 0.417. The van der Waals surface area contributed by atoms with E-state index in [-0.39, 0.29) is 12.4 Å². The third kappa shape index (κ3) is 2.88. The highest BCUT2D eigenvalue weighted by molar-refractivity contribution is 5.85. The quantitative estimate of drug-likeness (QED) is 0.809. The lowest BCUT2D eigenvalue weighted by molar-refractivity contribution is 0.485. The minimum Gasteiger partial charge on any atom is -0.369 e. The normalized spacial score (nSPS) is 19.8. The maximum atomic E-state index is 8.71. The van der Waals surface area contributed by atoms with Crippen molar-refractivity contribution in [3.63, 3.8) is 0 Å². The molecule has 1 aromatic carbocycles. The van der Waals surface area contributed by atoms with E-state index in [4.69, 9.17) is 5.26 Å². The number of nitriles is 1. The summed E-state index contributed by atoms with van der Waals surface area (Å²) in [5, 5.41) is 12.1. The molecule has 1 saturated heterocycles. The van der Waals surface area contributed by atoms with Gasteiger partial charge in [0.05, 0.1) is 11.6 Å². The predicted molar refractivity (Wildman–Crippen MR) is 68.1 cm³/mol. The van der Waals surface area contributed by atoms with E-state index in [1.807, 2.05) is 24.3 Å². The molecule has 1 atom stereocenters. The van der Waals surface area contributed by atoms with Gasteiger partial charge < -0.3 is 10.2 Å². The van der Waals surface area contributed by atoms with Crippen LogP contribution in [0.25, 0.3) is 0 Å². The van der Waals surface area contributed by atoms with Crippen LogP contribution in [0.1, 0.15) is 12.5 Å². The van der Waals surface area contributed by atoms with Crippen LogP contribution in [0, 0.1) is 11.3 Å². The minimum atomic E-state index is 0. The molecule has 0 aliphatic carbocycles. The molecule has 1 fully saturated rings. The summed E-state index contributed by atoms with van der Waals surface area (Å²) in [5.74, 6) is 0. The second-order valence-corrected chi connectivity index (χ2v) is 3.96. The third-order valence-electron chi connectivity index (χ3n) is 2.73. The number of nitrogens with one attached hydrogen (secondary N) is 1. The first kappa shape index (κ1) is 12.8. The SMILES string of the molecule is CC1CN(c2ccc(C#N)cc2)CCN1.Cl. The Kier molecular flexibility index (Phi) is 4.60. The van der Waals surface area contributed by atoms with Crippen molar-refractivity contribution >= 4 is 18.1 Å². The van der Waals surface area contributed by atoms with Crippen molar-refractivity contribution in [2.24, 2.45) is 0 Å². The van der Waals surface area contributed by atoms with E-state index in [2.05, 4.69) is 23.2 Å². The Hall–Kier alpha value is -1.24. The highest BCUT2D eigenvalue weighted by atomic mass is 35.5. The summed E-state index contributed by atoms with van der Waals surface area (Å²) in [7, 11) is 0. The fourth-order valence-corrected chi connectivity index (χ4v) is 1.91. The first-order chi connectivity index (χ1) is 7.29. The molecule has 1 N–H and O–H groups in total. The number of anilines is 1. The average molecular weight is 238 g/mol. The Morgan fingerprint density at radius 3 is 2.62 bits per heavy atom. The lowest BCUT2D eigenvalue weighted by atomic mass is 10.1. The number of benzene rings is 1. The first-order valence-corrected chi connectivity index (χ1v) is 5.28. The van der Waals surface area contributed by atoms with E-state index in [1.165, 1.54) is 5.69 Å². The molecule has 0 spiro atoms. The second-order valence-electron chi connectivity index (χ2n) is 3.96. The molecule has 3 nitrogen and oxygen atoms in total. The standard InChI is InChI=1S/C12H15N3.ClH/c1-10-9-15(7-6-14-10)12-4-2-11(8-13)3-5-12;/h2-5,10,14H,6-7,9H2,1H3;1H. The molecule has 1 unspecified atom stereocenters. The minimum absolute atomic E-state index is 0. The Morgan fingerprint density at radius 1 is 1.38 bits per heavy atom. The molecule has 0 amide bonds. The highest BCUT2D eigenvalue weighted by Crippen LogP contribution is 2.16. The van der Waals surface area contributed by atoms with Gasteiger partial charge in [0, 0.05) is 31.4 Å². The first-order valence-electron chi connectivity index (χ1n) is 5.28. The summed E-state index contributed by atoms with van der Waals surface area (Å²) >= 11 is 0. The van der Waals surface area contributed by atoms with Gasteiger partial charge >= 0.3 is 0 Å². The monoisotopic (exact) mass is 237 g/mol. The maximum Gasteiger partial charge on any atom is 0.0991 e. The number of rotatable bonds is 1. The molecule has 0 aromatic heterocycles. The van der Waals surface area contributed by atoms with E-state index < -0.39 is 0 Å². The van der Waals surface area contributed by atoms with Crippen LogP contribution in [-0.2, 0) is 0 Å². The largest absolute Gasteiger partial charge is 0.369 e. The summed E-state index contributed by atoms with van der Waals surface area (Å²) < 4.78 is 0. The van der Waals surface area contributed by atoms with E-state index >= 15 is 0 Å². The van der Waals surface area contributed by atoms with Crippen molar-refractivity contribution in [1.29, 1.82) is 5.26 Å². The van der Waals surface area contributed by atoms with E-state index in [9.17, 15) is 0 Å². The topological polar surface area (TPSA) is 39.1 Å². The molecule has 1 aliphatic rings. The Balaban J connectivity index is 0.00000128. The number of piperazine rings is 1. The maximum absolute atomic E-state index is 8.71. The number of hydrogen-bond acceptors (Lipinski definition) is 3. The lowest BCUT2D eigenvalue weighted by Gasteiger charge is -2.33. The molecule has 1 aromatic rings. The molecule has 1 aliphatic heterocycles. The Morgan fingerprint density at radius 2 is 2.06 bits per heavy atom. The Bertz CT molecular complexity index is 369. The zero-order valence-corrected chi connectivity index (χ0v) is 10.1. The summed E-state index contributed by atoms with van der Waals surface area (Å²) in [5.41, 5.74) is 1.93. The molecular formula is C12H16ClN3. The molecule has 0 bridgehead atoms. The van der Waals surface area contributed by atoms with E-state index in [0.29, 0.717) is 6.04 Å². The molecule has 4 heteroatoms. The van der Waals surface area contributed by atoms with Crippen molar-refractivity contribution in [3.8, 4) is 6.07 Å². The van der Waals surface area contributed by atoms with Gasteiger partial charge in [-0.2, -0.15) is 5.26 Å². The van der Waals surface area contributed by atoms with Crippen molar-refractivity contribution in [2.75, 3.05) is 24.5 Å². The second kappa shape index (κ2) is 5.74. The Labute approximate surface area is 102 Å². The summed E-state index contributed by atoms with van der Waals surface area (Å²) in [4.78, 5) is 2.35. The van der Waals surface area contributed by atoms with E-state index in [0.717, 1.165) is 25.2 Å². The summed E-state index contributed by atoms with van der Waals surface area (Å²) in [6, 6.07) is 10.5. The van der Waals surface area contributed by atoms with Crippen molar-refractivity contribution in [1.82, 2.24) is 5.32 Å². The van der Waals surface area contributed by atoms with Gasteiger partial charge in [-0.1, -0.05) is 0 Å². The van der Waals surface area contributed by atoms with Crippen LogP contribution in [-0.4, -0.2) is 25.7 Å². The third-order valence-corrected chi connectivity index (χ3v) is 2.73. The van der Waals surface area contributed by atoms with E-state index in [1.54, 1.807) is 0 Å². The summed E-state index contributed by atoms with van der Waals surface area (Å²) in [6.45, 7) is 5.29. The highest BCUT2D eigenvalue weighted by Gasteiger charge is 2.15. The summed E-state index contributed by atoms with van der Waals surface area (Å²) in [6.07, 6.45) is 0. The molecule has 86 valence electrons. The van der Waals surface area contributed by atoms with Gasteiger partial charge in [0.25, 0.3) is 0 Å². The molecule has 16 heavy (non-hydrogen) atoms. The molecular weight excluding hydrogens is 222 g/mol. The smallest absolute Gasteiger partial charge is 0.0991 e. The molecule has 0 radical (unpaired) electrons. The van der Waals surface area contributed by atoms with Crippen LogP contribution in [0.15, 0.2) is 24.3 Å². The van der Waals surface area contributed by atoms with Gasteiger partial charge in [0.15, 0.2) is 0 Å². The van der Waals surface area contributed by atoms with Crippen LogP contribution in [0.4, 0.5) is 5.69 Å². The van der Waals surface area contributed by atoms with Crippen LogP contribution < -0.4 is 10.2 Å². The van der Waals surface area contributed by atoms with Crippen molar-refractivity contribution in [2.45, 2.75) is 13.0 Å². The van der Waals surface area contributed by atoms with Gasteiger partial charge in [-0.15, -0.1) is 12.4 Å². The van der Waals surface area contributed by atoms with Gasteiger partial charge in [-0.3, -0.25) is 0 Å². The number of hydrogen-bond donors (Lipinski definition) is 1. The average Bonchev–Trinajstić information content (AvgIpc) is 2.29. The van der Waals surface area contributed by atoms with Crippen LogP contribution in [0.5, 0.6) is 0 Å². The zero-order valence-electron chi connectivity index (χ0n) is 9.31. The number of nitrogens with zero attached hydrogens (tertiary/aromatic N) is 2. The van der Waals surface area contributed by atoms with Crippen LogP contribution >= 0.6 is 12.4 Å². The van der Waals surface area contributed by atoms with Crippen LogP contribution in [0.2, 0.25) is 0 Å². The van der Waals surface area contributed by atoms with Gasteiger partial charge in [0.1, 0.15) is 0 Å². The zero-order chi connectivity index (χ0) is 10.7. The van der Waals surface area contributed by atoms with Crippen LogP contribution in [0.3, 0.4) is 0 Å². The number of halogens is 1. The van der Waals surface area contributed by atoms with Gasteiger partial charge in [-0.05, 0) is 31.2 Å². The van der Waals surface area contributed by atoms with Crippen molar-refractivity contribution < 1.29 is 0 Å². The molecule has 2 rings (SSSR count). The predicted octanol–water partition coefficient (Wildman–Crippen LogP) is 1.78. The van der Waals surface area contributed by atoms with Gasteiger partial charge in [-0.25, -0.2) is 0 Å². The fourth-order valence-electron chi connectivity index (χ4n) is 1.91. The molecule has 1 heterocycles. The van der Waals surface area contributed by atoms with Crippen molar-refractivity contribution in [3.05, 3.63) is 29.8 Å². The lowest BCUT2D eigenvalue weighted by Crippen LogP contribution is -2.49. The molecule has 0 saturated carbocycles. The van der Waals surface area contributed by atoms with Gasteiger partial charge in [0.2, 0.25) is 0 Å².